The Labute approximate surface area is 170 Å². The van der Waals surface area contributed by atoms with Crippen LogP contribution in [0.15, 0.2) is 41.0 Å². The van der Waals surface area contributed by atoms with Gasteiger partial charge in [0.05, 0.1) is 6.26 Å². The van der Waals surface area contributed by atoms with E-state index >= 15 is 0 Å². The van der Waals surface area contributed by atoms with Crippen molar-refractivity contribution in [1.82, 2.24) is 9.80 Å². The summed E-state index contributed by atoms with van der Waals surface area (Å²) in [6.07, 6.45) is 1.46. The molecule has 0 bridgehead atoms. The molecule has 2 heterocycles. The minimum Gasteiger partial charge on any atom is -0.459 e. The lowest BCUT2D eigenvalue weighted by molar-refractivity contribution is -0.147. The van der Waals surface area contributed by atoms with Gasteiger partial charge in [0, 0.05) is 31.9 Å². The number of nitrogens with one attached hydrogen (secondary N) is 1. The van der Waals surface area contributed by atoms with Crippen molar-refractivity contribution in [3.8, 4) is 0 Å². The molecule has 1 fully saturated rings. The first-order chi connectivity index (χ1) is 13.7. The molecule has 7 heteroatoms. The third-order valence-electron chi connectivity index (χ3n) is 5.54. The highest BCUT2D eigenvalue weighted by molar-refractivity contribution is 6.10. The minimum absolute atomic E-state index is 0.186. The fourth-order valence-corrected chi connectivity index (χ4v) is 3.33. The Hall–Kier alpha value is -3.09. The summed E-state index contributed by atoms with van der Waals surface area (Å²) in [6.45, 7) is 8.75. The lowest BCUT2D eigenvalue weighted by Gasteiger charge is -2.37. The summed E-state index contributed by atoms with van der Waals surface area (Å²) < 4.78 is 5.16. The van der Waals surface area contributed by atoms with Crippen molar-refractivity contribution in [2.45, 2.75) is 27.7 Å². The Kier molecular flexibility index (Phi) is 5.77. The normalized spacial score (nSPS) is 14.6. The van der Waals surface area contributed by atoms with E-state index in [-0.39, 0.29) is 23.5 Å². The van der Waals surface area contributed by atoms with Crippen LogP contribution in [-0.4, -0.2) is 53.7 Å². The lowest BCUT2D eigenvalue weighted by Crippen LogP contribution is -2.55. The molecule has 1 N–H and O–H groups in total. The minimum atomic E-state index is -1.22. The van der Waals surface area contributed by atoms with Gasteiger partial charge in [0.1, 0.15) is 5.41 Å². The quantitative estimate of drug-likeness (QED) is 0.804. The number of hydrogen-bond donors (Lipinski definition) is 1. The number of anilines is 1. The van der Waals surface area contributed by atoms with Gasteiger partial charge in [0.2, 0.25) is 11.8 Å². The molecule has 1 saturated heterocycles. The van der Waals surface area contributed by atoms with Gasteiger partial charge in [-0.15, -0.1) is 0 Å². The molecule has 2 aromatic rings. The molecule has 29 heavy (non-hydrogen) atoms. The lowest BCUT2D eigenvalue weighted by atomic mass is 9.89. The predicted molar refractivity (Wildman–Crippen MR) is 110 cm³/mol. The molecule has 3 rings (SSSR count). The van der Waals surface area contributed by atoms with Crippen LogP contribution in [0.1, 0.15) is 35.5 Å². The molecule has 7 nitrogen and oxygen atoms in total. The summed E-state index contributed by atoms with van der Waals surface area (Å²) in [4.78, 5) is 41.6. The maximum Gasteiger partial charge on any atom is 0.289 e. The first kappa shape index (κ1) is 20.6. The number of piperazine rings is 1. The van der Waals surface area contributed by atoms with Crippen molar-refractivity contribution in [2.24, 2.45) is 5.41 Å². The Morgan fingerprint density at radius 3 is 2.24 bits per heavy atom. The summed E-state index contributed by atoms with van der Waals surface area (Å²) in [5.41, 5.74) is 1.55. The number of nitrogens with zero attached hydrogens (tertiary/aromatic N) is 2. The zero-order valence-corrected chi connectivity index (χ0v) is 17.3. The molecule has 154 valence electrons. The van der Waals surface area contributed by atoms with Crippen molar-refractivity contribution in [3.63, 3.8) is 0 Å². The second kappa shape index (κ2) is 8.11. The van der Waals surface area contributed by atoms with Gasteiger partial charge in [-0.25, -0.2) is 0 Å². The van der Waals surface area contributed by atoms with Crippen molar-refractivity contribution in [1.29, 1.82) is 0 Å². The van der Waals surface area contributed by atoms with E-state index in [1.807, 2.05) is 32.0 Å². The van der Waals surface area contributed by atoms with Crippen LogP contribution < -0.4 is 5.32 Å². The van der Waals surface area contributed by atoms with Crippen molar-refractivity contribution in [3.05, 3.63) is 53.5 Å². The maximum absolute atomic E-state index is 13.1. The van der Waals surface area contributed by atoms with Gasteiger partial charge in [-0.2, -0.15) is 0 Å². The van der Waals surface area contributed by atoms with E-state index in [4.69, 9.17) is 4.42 Å². The first-order valence-electron chi connectivity index (χ1n) is 9.71. The summed E-state index contributed by atoms with van der Waals surface area (Å²) >= 11 is 0. The standard InChI is InChI=1S/C22H27N3O4/c1-15-7-5-8-17(16(15)2)23-20(27)22(3,4)21(28)25-12-10-24(11-13-25)19(26)18-9-6-14-29-18/h5-9,14H,10-13H2,1-4H3,(H,23,27). The van der Waals surface area contributed by atoms with Crippen molar-refractivity contribution in [2.75, 3.05) is 31.5 Å². The average Bonchev–Trinajstić information content (AvgIpc) is 3.25. The van der Waals surface area contributed by atoms with Crippen LogP contribution >= 0.6 is 0 Å². The number of rotatable bonds is 4. The van der Waals surface area contributed by atoms with Crippen LogP contribution in [0.4, 0.5) is 5.69 Å². The van der Waals surface area contributed by atoms with Gasteiger partial charge in [-0.3, -0.25) is 14.4 Å². The predicted octanol–water partition coefficient (Wildman–Crippen LogP) is 2.85. The molecular formula is C22H27N3O4. The van der Waals surface area contributed by atoms with E-state index in [1.54, 1.807) is 35.8 Å². The number of furan rings is 1. The SMILES string of the molecule is Cc1cccc(NC(=O)C(C)(C)C(=O)N2CCN(C(=O)c3ccco3)CC2)c1C. The second-order valence-electron chi connectivity index (χ2n) is 7.89. The monoisotopic (exact) mass is 397 g/mol. The van der Waals surface area contributed by atoms with E-state index in [2.05, 4.69) is 5.32 Å². The van der Waals surface area contributed by atoms with Gasteiger partial charge in [0.25, 0.3) is 5.91 Å². The molecule has 0 saturated carbocycles. The Bertz CT molecular complexity index is 910. The fraction of sp³-hybridized carbons (Fsp3) is 0.409. The highest BCUT2D eigenvalue weighted by atomic mass is 16.3. The van der Waals surface area contributed by atoms with Crippen molar-refractivity contribution < 1.29 is 18.8 Å². The van der Waals surface area contributed by atoms with Crippen molar-refractivity contribution >= 4 is 23.4 Å². The highest BCUT2D eigenvalue weighted by Crippen LogP contribution is 2.25. The average molecular weight is 397 g/mol. The molecule has 0 unspecified atom stereocenters. The smallest absolute Gasteiger partial charge is 0.289 e. The zero-order chi connectivity index (χ0) is 21.2. The molecule has 1 aromatic heterocycles. The topological polar surface area (TPSA) is 82.9 Å². The third-order valence-corrected chi connectivity index (χ3v) is 5.54. The van der Waals surface area contributed by atoms with E-state index < -0.39 is 5.41 Å². The number of benzene rings is 1. The van der Waals surface area contributed by atoms with Gasteiger partial charge in [0.15, 0.2) is 5.76 Å². The molecule has 0 spiro atoms. The summed E-state index contributed by atoms with van der Waals surface area (Å²) in [5, 5.41) is 2.89. The number of amides is 3. The van der Waals surface area contributed by atoms with Crippen LogP contribution in [0.3, 0.4) is 0 Å². The van der Waals surface area contributed by atoms with Gasteiger partial charge < -0.3 is 19.5 Å². The largest absolute Gasteiger partial charge is 0.459 e. The molecule has 0 aliphatic carbocycles. The van der Waals surface area contributed by atoms with E-state index in [1.165, 1.54) is 6.26 Å². The van der Waals surface area contributed by atoms with Crippen LogP contribution in [-0.2, 0) is 9.59 Å². The maximum atomic E-state index is 13.1. The summed E-state index contributed by atoms with van der Waals surface area (Å²) in [6, 6.07) is 8.98. The van der Waals surface area contributed by atoms with E-state index in [0.717, 1.165) is 11.1 Å². The van der Waals surface area contributed by atoms with Gasteiger partial charge >= 0.3 is 0 Å². The van der Waals surface area contributed by atoms with Gasteiger partial charge in [-0.1, -0.05) is 12.1 Å². The second-order valence-corrected chi connectivity index (χ2v) is 7.89. The highest BCUT2D eigenvalue weighted by Gasteiger charge is 2.40. The number of aryl methyl sites for hydroxylation is 1. The molecule has 1 aromatic carbocycles. The van der Waals surface area contributed by atoms with Crippen LogP contribution in [0.25, 0.3) is 0 Å². The van der Waals surface area contributed by atoms with E-state index in [0.29, 0.717) is 31.9 Å². The number of carbonyl (C=O) groups excluding carboxylic acids is 3. The Morgan fingerprint density at radius 2 is 1.62 bits per heavy atom. The number of carbonyl (C=O) groups is 3. The zero-order valence-electron chi connectivity index (χ0n) is 17.3. The van der Waals surface area contributed by atoms with Gasteiger partial charge in [-0.05, 0) is 57.0 Å². The fourth-order valence-electron chi connectivity index (χ4n) is 3.33. The van der Waals surface area contributed by atoms with E-state index in [9.17, 15) is 14.4 Å². The Morgan fingerprint density at radius 1 is 0.966 bits per heavy atom. The Balaban J connectivity index is 1.62. The molecular weight excluding hydrogens is 370 g/mol. The molecule has 1 aliphatic rings. The molecule has 0 radical (unpaired) electrons. The summed E-state index contributed by atoms with van der Waals surface area (Å²) in [7, 11) is 0. The molecule has 3 amide bonds. The van der Waals surface area contributed by atoms with Crippen LogP contribution in [0, 0.1) is 19.3 Å². The molecule has 0 atom stereocenters. The summed E-state index contributed by atoms with van der Waals surface area (Å²) in [5.74, 6) is -0.484. The third kappa shape index (κ3) is 4.18. The first-order valence-corrected chi connectivity index (χ1v) is 9.71. The van der Waals surface area contributed by atoms with Crippen LogP contribution in [0.5, 0.6) is 0 Å². The molecule has 1 aliphatic heterocycles. The number of hydrogen-bond acceptors (Lipinski definition) is 4. The van der Waals surface area contributed by atoms with Crippen LogP contribution in [0.2, 0.25) is 0 Å².